The lowest BCUT2D eigenvalue weighted by atomic mass is 10.00. The van der Waals surface area contributed by atoms with Crippen molar-refractivity contribution >= 4 is 0 Å². The third-order valence-corrected chi connectivity index (χ3v) is 8.37. The number of likely N-dealkylation sites (tertiary alicyclic amines) is 1. The Hall–Kier alpha value is -3.60. The molecule has 1 heterocycles. The summed E-state index contributed by atoms with van der Waals surface area (Å²) in [4.78, 5) is 0. The van der Waals surface area contributed by atoms with E-state index in [-0.39, 0.29) is 0 Å². The molecule has 1 aliphatic rings. The Kier molecular flexibility index (Phi) is 10.5. The first-order valence-corrected chi connectivity index (χ1v) is 15.3. The van der Waals surface area contributed by atoms with E-state index in [1.165, 1.54) is 61.2 Å². The maximum absolute atomic E-state index is 6.51. The van der Waals surface area contributed by atoms with Crippen LogP contribution in [-0.4, -0.2) is 36.7 Å². The number of aryl methyl sites for hydroxylation is 2. The fourth-order valence-electron chi connectivity index (χ4n) is 6.11. The molecule has 4 nitrogen and oxygen atoms in total. The molecule has 1 saturated heterocycles. The molecule has 1 unspecified atom stereocenters. The fourth-order valence-corrected chi connectivity index (χ4v) is 6.11. The van der Waals surface area contributed by atoms with E-state index in [2.05, 4.69) is 72.8 Å². The van der Waals surface area contributed by atoms with E-state index in [0.29, 0.717) is 19.3 Å². The van der Waals surface area contributed by atoms with Crippen molar-refractivity contribution in [3.8, 4) is 11.5 Å². The first-order chi connectivity index (χ1) is 20.2. The number of nitrogens with two attached hydrogens (primary N) is 1. The van der Waals surface area contributed by atoms with Gasteiger partial charge < -0.3 is 19.7 Å². The van der Waals surface area contributed by atoms with Crippen molar-refractivity contribution in [2.45, 2.75) is 57.8 Å². The van der Waals surface area contributed by atoms with Gasteiger partial charge in [-0.15, -0.1) is 0 Å². The summed E-state index contributed by atoms with van der Waals surface area (Å²) in [5, 5.41) is 0. The molecule has 0 aliphatic carbocycles. The largest absolute Gasteiger partial charge is 0.489 e. The number of nitrogens with zero attached hydrogens (tertiary/aromatic N) is 1. The predicted octanol–water partition coefficient (Wildman–Crippen LogP) is 7.35. The Morgan fingerprint density at radius 2 is 1.05 bits per heavy atom. The Bertz CT molecular complexity index is 1200. The second-order valence-corrected chi connectivity index (χ2v) is 11.6. The van der Waals surface area contributed by atoms with Crippen LogP contribution in [0.1, 0.15) is 47.9 Å². The fraction of sp³-hybridized carbons (Fsp3) is 0.351. The highest BCUT2D eigenvalue weighted by molar-refractivity contribution is 5.29. The number of benzene rings is 4. The number of rotatable bonds is 14. The van der Waals surface area contributed by atoms with Crippen LogP contribution in [0.5, 0.6) is 11.5 Å². The average molecular weight is 550 g/mol. The van der Waals surface area contributed by atoms with Gasteiger partial charge in [0.05, 0.1) is 32.2 Å². The van der Waals surface area contributed by atoms with E-state index < -0.39 is 0 Å². The van der Waals surface area contributed by atoms with Gasteiger partial charge in [0.1, 0.15) is 24.7 Å². The van der Waals surface area contributed by atoms with Crippen LogP contribution in [0.3, 0.4) is 0 Å². The van der Waals surface area contributed by atoms with Crippen molar-refractivity contribution in [2.75, 3.05) is 26.2 Å². The van der Waals surface area contributed by atoms with Crippen molar-refractivity contribution in [1.82, 2.24) is 0 Å². The highest BCUT2D eigenvalue weighted by Gasteiger charge is 2.32. The zero-order chi connectivity index (χ0) is 28.2. The molecule has 2 N–H and O–H groups in total. The van der Waals surface area contributed by atoms with Gasteiger partial charge in [0.15, 0.2) is 0 Å². The van der Waals surface area contributed by atoms with Crippen LogP contribution in [0.4, 0.5) is 0 Å². The number of quaternary nitrogens is 1. The van der Waals surface area contributed by atoms with Crippen molar-refractivity contribution in [3.63, 3.8) is 0 Å². The van der Waals surface area contributed by atoms with Crippen LogP contribution >= 0.6 is 0 Å². The lowest BCUT2D eigenvalue weighted by Gasteiger charge is -2.44. The van der Waals surface area contributed by atoms with Gasteiger partial charge in [-0.25, -0.2) is 0 Å². The highest BCUT2D eigenvalue weighted by atomic mass is 16.5. The molecule has 1 fully saturated rings. The molecule has 0 radical (unpaired) electrons. The smallest absolute Gasteiger partial charge is 0.119 e. The Balaban J connectivity index is 1.07. The maximum Gasteiger partial charge on any atom is 0.119 e. The average Bonchev–Trinajstić information content (AvgIpc) is 3.01. The second kappa shape index (κ2) is 14.9. The number of hydrogen-bond acceptors (Lipinski definition) is 3. The van der Waals surface area contributed by atoms with Crippen LogP contribution in [0.25, 0.3) is 0 Å². The molecule has 214 valence electrons. The van der Waals surface area contributed by atoms with E-state index >= 15 is 0 Å². The molecule has 5 rings (SSSR count). The van der Waals surface area contributed by atoms with E-state index in [1.807, 2.05) is 36.4 Å². The summed E-state index contributed by atoms with van der Waals surface area (Å²) >= 11 is 0. The molecule has 0 saturated carbocycles. The van der Waals surface area contributed by atoms with Gasteiger partial charge in [0.25, 0.3) is 0 Å². The molecule has 4 aromatic carbocycles. The van der Waals surface area contributed by atoms with Crippen molar-refractivity contribution < 1.29 is 14.0 Å². The van der Waals surface area contributed by atoms with Crippen molar-refractivity contribution in [1.29, 1.82) is 0 Å². The van der Waals surface area contributed by atoms with Crippen molar-refractivity contribution in [2.24, 2.45) is 5.73 Å². The number of ether oxygens (including phenoxy) is 2. The van der Waals surface area contributed by atoms with E-state index in [1.54, 1.807) is 0 Å². The molecule has 4 heteroatoms. The molecule has 0 amide bonds. The highest BCUT2D eigenvalue weighted by Crippen LogP contribution is 2.23. The third kappa shape index (κ3) is 9.21. The summed E-state index contributed by atoms with van der Waals surface area (Å²) in [6.45, 7) is 5.97. The summed E-state index contributed by atoms with van der Waals surface area (Å²) in [6, 6.07) is 38.3. The zero-order valence-corrected chi connectivity index (χ0v) is 24.3. The van der Waals surface area contributed by atoms with Gasteiger partial charge in [-0.3, -0.25) is 0 Å². The summed E-state index contributed by atoms with van der Waals surface area (Å²) < 4.78 is 13.1. The molecule has 4 aromatic rings. The monoisotopic (exact) mass is 549 g/mol. The van der Waals surface area contributed by atoms with Crippen LogP contribution < -0.4 is 15.2 Å². The van der Waals surface area contributed by atoms with E-state index in [9.17, 15) is 0 Å². The molecule has 0 spiro atoms. The first-order valence-electron chi connectivity index (χ1n) is 15.3. The summed E-state index contributed by atoms with van der Waals surface area (Å²) in [5.41, 5.74) is 11.6. The van der Waals surface area contributed by atoms with Gasteiger partial charge in [0.2, 0.25) is 0 Å². The maximum atomic E-state index is 6.51. The summed E-state index contributed by atoms with van der Waals surface area (Å²) in [6.07, 6.45) is 6.96. The molecular weight excluding hydrogens is 504 g/mol. The predicted molar refractivity (Wildman–Crippen MR) is 168 cm³/mol. The molecular formula is C37H45N2O2+. The minimum absolute atomic E-state index is 0.325. The van der Waals surface area contributed by atoms with Gasteiger partial charge in [0, 0.05) is 12.8 Å². The van der Waals surface area contributed by atoms with Crippen LogP contribution in [0.2, 0.25) is 0 Å². The standard InChI is InChI=1S/C37H45N2O2/c38-35-16-9-27-39(28-35,25-7-14-31-17-21-36(22-18-31)40-29-33-10-3-1-4-11-33)26-8-15-32-19-23-37(24-20-32)41-30-34-12-5-2-6-13-34/h1-6,10-13,17-24,35H,7-9,14-16,25-30,38H2/q+1. The van der Waals surface area contributed by atoms with Crippen LogP contribution in [0.15, 0.2) is 109 Å². The third-order valence-electron chi connectivity index (χ3n) is 8.37. The Morgan fingerprint density at radius 3 is 1.49 bits per heavy atom. The summed E-state index contributed by atoms with van der Waals surface area (Å²) in [7, 11) is 0. The lowest BCUT2D eigenvalue weighted by Crippen LogP contribution is -2.58. The zero-order valence-electron chi connectivity index (χ0n) is 24.3. The van der Waals surface area contributed by atoms with Crippen LogP contribution in [0, 0.1) is 0 Å². The van der Waals surface area contributed by atoms with E-state index in [0.717, 1.165) is 41.8 Å². The minimum Gasteiger partial charge on any atom is -0.489 e. The topological polar surface area (TPSA) is 44.5 Å². The number of piperidine rings is 1. The lowest BCUT2D eigenvalue weighted by molar-refractivity contribution is -0.933. The molecule has 1 atom stereocenters. The Labute approximate surface area is 246 Å². The van der Waals surface area contributed by atoms with Gasteiger partial charge >= 0.3 is 0 Å². The summed E-state index contributed by atoms with van der Waals surface area (Å²) in [5.74, 6) is 1.86. The number of hydrogen-bond donors (Lipinski definition) is 1. The van der Waals surface area contributed by atoms with Gasteiger partial charge in [-0.1, -0.05) is 84.9 Å². The Morgan fingerprint density at radius 1 is 0.585 bits per heavy atom. The van der Waals surface area contributed by atoms with Crippen molar-refractivity contribution in [3.05, 3.63) is 131 Å². The normalized spacial score (nSPS) is 16.3. The second-order valence-electron chi connectivity index (χ2n) is 11.6. The van der Waals surface area contributed by atoms with E-state index in [4.69, 9.17) is 15.2 Å². The molecule has 0 aromatic heterocycles. The van der Waals surface area contributed by atoms with Crippen LogP contribution in [-0.2, 0) is 26.1 Å². The van der Waals surface area contributed by atoms with Gasteiger partial charge in [-0.05, 0) is 72.2 Å². The molecule has 1 aliphatic heterocycles. The molecule has 41 heavy (non-hydrogen) atoms. The molecule has 0 bridgehead atoms. The van der Waals surface area contributed by atoms with Gasteiger partial charge in [-0.2, -0.15) is 0 Å². The minimum atomic E-state index is 0.325. The first kappa shape index (κ1) is 28.9. The quantitative estimate of drug-likeness (QED) is 0.167. The SMILES string of the molecule is NC1CCC[N+](CCCc2ccc(OCc3ccccc3)cc2)(CCCc2ccc(OCc3ccccc3)cc2)C1.